The lowest BCUT2D eigenvalue weighted by Gasteiger charge is -2.35. The van der Waals surface area contributed by atoms with E-state index in [2.05, 4.69) is 20.0 Å². The van der Waals surface area contributed by atoms with Crippen LogP contribution in [0.2, 0.25) is 0 Å². The molecular weight excluding hydrogens is 475 g/mol. The first-order valence-electron chi connectivity index (χ1n) is 10.2. The zero-order valence-electron chi connectivity index (χ0n) is 18.1. The third-order valence-corrected chi connectivity index (χ3v) is 5.07. The number of rotatable bonds is 7. The molecule has 2 aromatic carbocycles. The molecule has 1 unspecified atom stereocenters. The summed E-state index contributed by atoms with van der Waals surface area (Å²) in [5.74, 6) is 0.334. The monoisotopic (exact) mass is 494 g/mol. The second-order valence-electron chi connectivity index (χ2n) is 7.39. The molecule has 184 valence electrons. The molecule has 0 saturated carbocycles. The summed E-state index contributed by atoms with van der Waals surface area (Å²) in [6.07, 6.45) is -2.85. The fourth-order valence-electron chi connectivity index (χ4n) is 3.51. The number of fused-ring (bicyclic) bond motifs is 1. The molecule has 12 heteroatoms. The molecule has 4 rings (SSSR count). The number of hydrogen-bond donors (Lipinski definition) is 2. The lowest BCUT2D eigenvalue weighted by molar-refractivity contribution is -0.115. The van der Waals surface area contributed by atoms with Crippen LogP contribution in [-0.4, -0.2) is 47.7 Å². The highest BCUT2D eigenvalue weighted by Gasteiger charge is 2.32. The summed E-state index contributed by atoms with van der Waals surface area (Å²) in [6.45, 7) is -4.36. The molecule has 35 heavy (non-hydrogen) atoms. The number of hydrogen-bond acceptors (Lipinski definition) is 7. The Balaban J connectivity index is 1.76. The number of benzene rings is 2. The third kappa shape index (κ3) is 5.60. The number of aliphatic hydroxyl groups excluding tert-OH is 1. The maximum absolute atomic E-state index is 12.7. The first-order valence-corrected chi connectivity index (χ1v) is 10.2. The predicted molar refractivity (Wildman–Crippen MR) is 119 cm³/mol. The van der Waals surface area contributed by atoms with E-state index in [0.717, 1.165) is 0 Å². The van der Waals surface area contributed by atoms with Crippen LogP contribution < -0.4 is 19.7 Å². The van der Waals surface area contributed by atoms with Gasteiger partial charge in [0, 0.05) is 23.0 Å². The average Bonchev–Trinajstić information content (AvgIpc) is 2.82. The number of methoxy groups -OCH3 is 1. The van der Waals surface area contributed by atoms with E-state index in [1.807, 2.05) is 0 Å². The Morgan fingerprint density at radius 2 is 1.71 bits per heavy atom. The van der Waals surface area contributed by atoms with Crippen LogP contribution in [0.3, 0.4) is 0 Å². The molecule has 2 N–H and O–H groups in total. The van der Waals surface area contributed by atoms with E-state index in [1.54, 1.807) is 30.3 Å². The fourth-order valence-corrected chi connectivity index (χ4v) is 3.51. The van der Waals surface area contributed by atoms with Gasteiger partial charge in [-0.1, -0.05) is 12.1 Å². The number of alkyl halides is 5. The van der Waals surface area contributed by atoms with Gasteiger partial charge in [-0.3, -0.25) is 4.90 Å². The number of aromatic nitrogens is 2. The topological polar surface area (TPSA) is 79.7 Å². The maximum atomic E-state index is 12.7. The van der Waals surface area contributed by atoms with Gasteiger partial charge in [0.15, 0.2) is 6.23 Å². The Kier molecular flexibility index (Phi) is 6.74. The van der Waals surface area contributed by atoms with Gasteiger partial charge in [0.2, 0.25) is 5.95 Å². The summed E-state index contributed by atoms with van der Waals surface area (Å²) in [5.41, 5.74) is 1.85. The van der Waals surface area contributed by atoms with Crippen molar-refractivity contribution < 1.29 is 36.5 Å². The number of aliphatic hydroxyl groups is 1. The number of halogens is 5. The smallest absolute Gasteiger partial charge is 0.405 e. The van der Waals surface area contributed by atoms with Crippen LogP contribution in [0.4, 0.5) is 39.4 Å². The van der Waals surface area contributed by atoms with Gasteiger partial charge in [0.05, 0.1) is 7.11 Å². The van der Waals surface area contributed by atoms with Crippen LogP contribution in [0.1, 0.15) is 11.1 Å². The summed E-state index contributed by atoms with van der Waals surface area (Å²) in [4.78, 5) is 9.49. The Morgan fingerprint density at radius 1 is 1.06 bits per heavy atom. The van der Waals surface area contributed by atoms with Crippen LogP contribution in [0.5, 0.6) is 11.5 Å². The third-order valence-electron chi connectivity index (χ3n) is 5.07. The normalized spacial score (nSPS) is 15.5. The van der Waals surface area contributed by atoms with Crippen LogP contribution in [-0.2, 0) is 0 Å². The summed E-state index contributed by atoms with van der Waals surface area (Å²) in [5, 5.41) is 13.4. The molecule has 3 aromatic rings. The highest BCUT2D eigenvalue weighted by atomic mass is 19.4. The predicted octanol–water partition coefficient (Wildman–Crippen LogP) is 5.07. The second-order valence-corrected chi connectivity index (χ2v) is 7.39. The van der Waals surface area contributed by atoms with E-state index in [9.17, 15) is 27.1 Å². The Hall–Kier alpha value is -3.93. The summed E-state index contributed by atoms with van der Waals surface area (Å²) < 4.78 is 72.6. The van der Waals surface area contributed by atoms with E-state index in [1.165, 1.54) is 42.5 Å². The quantitative estimate of drug-likeness (QED) is 0.444. The van der Waals surface area contributed by atoms with Crippen molar-refractivity contribution in [1.29, 1.82) is 0 Å². The van der Waals surface area contributed by atoms with Crippen molar-refractivity contribution in [3.63, 3.8) is 0 Å². The molecule has 2 heterocycles. The molecule has 0 fully saturated rings. The van der Waals surface area contributed by atoms with Gasteiger partial charge < -0.3 is 19.9 Å². The van der Waals surface area contributed by atoms with Crippen molar-refractivity contribution in [2.75, 3.05) is 23.9 Å². The van der Waals surface area contributed by atoms with Gasteiger partial charge in [-0.15, -0.1) is 0 Å². The fraction of sp³-hybridized carbons (Fsp3) is 0.217. The zero-order valence-corrected chi connectivity index (χ0v) is 18.1. The number of nitrogens with one attached hydrogen (secondary N) is 1. The number of ether oxygens (including phenoxy) is 2. The first-order chi connectivity index (χ1) is 16.6. The van der Waals surface area contributed by atoms with Crippen LogP contribution in [0.15, 0.2) is 54.7 Å². The maximum Gasteiger partial charge on any atom is 0.405 e. The highest BCUT2D eigenvalue weighted by molar-refractivity contribution is 5.93. The van der Waals surface area contributed by atoms with Crippen molar-refractivity contribution in [2.24, 2.45) is 0 Å². The van der Waals surface area contributed by atoms with Crippen molar-refractivity contribution >= 4 is 29.1 Å². The minimum absolute atomic E-state index is 0.100. The molecule has 0 saturated heterocycles. The van der Waals surface area contributed by atoms with Gasteiger partial charge >= 0.3 is 12.8 Å². The van der Waals surface area contributed by atoms with Gasteiger partial charge in [0.25, 0.3) is 0 Å². The standard InChI is InChI=1S/C23H19F5N4O3/c1-34-16-6-2-13(3-7-16)18-10-14-11-29-22(30-12-23(26,27)28)31-19(14)32(20(18)33)15-4-8-17(9-5-15)35-21(24)25/h2-11,20-21,33H,12H2,1H3,(H,29,30,31). The Bertz CT molecular complexity index is 1200. The van der Waals surface area contributed by atoms with E-state index in [4.69, 9.17) is 4.74 Å². The first kappa shape index (κ1) is 24.2. The van der Waals surface area contributed by atoms with Crippen molar-refractivity contribution in [3.05, 3.63) is 65.9 Å². The Morgan fingerprint density at radius 3 is 2.31 bits per heavy atom. The molecule has 7 nitrogen and oxygen atoms in total. The number of nitrogens with zero attached hydrogens (tertiary/aromatic N) is 3. The highest BCUT2D eigenvalue weighted by Crippen LogP contribution is 2.40. The van der Waals surface area contributed by atoms with Crippen LogP contribution >= 0.6 is 0 Å². The second kappa shape index (κ2) is 9.74. The SMILES string of the molecule is COc1ccc(C2=Cc3cnc(NCC(F)(F)F)nc3N(c3ccc(OC(F)F)cc3)C2O)cc1. The lowest BCUT2D eigenvalue weighted by atomic mass is 9.97. The largest absolute Gasteiger partial charge is 0.497 e. The van der Waals surface area contributed by atoms with Crippen LogP contribution in [0, 0.1) is 0 Å². The summed E-state index contributed by atoms with van der Waals surface area (Å²) in [6, 6.07) is 12.3. The Labute approximate surface area is 196 Å². The van der Waals surface area contributed by atoms with E-state index < -0.39 is 25.6 Å². The lowest BCUT2D eigenvalue weighted by Crippen LogP contribution is -2.35. The van der Waals surface area contributed by atoms with Crippen molar-refractivity contribution in [3.8, 4) is 11.5 Å². The van der Waals surface area contributed by atoms with Crippen molar-refractivity contribution in [1.82, 2.24) is 9.97 Å². The molecule has 0 bridgehead atoms. The minimum Gasteiger partial charge on any atom is -0.497 e. The molecule has 0 radical (unpaired) electrons. The molecular formula is C23H19F5N4O3. The average molecular weight is 494 g/mol. The molecule has 1 aliphatic heterocycles. The molecule has 1 atom stereocenters. The van der Waals surface area contributed by atoms with Crippen LogP contribution in [0.25, 0.3) is 11.6 Å². The van der Waals surface area contributed by atoms with Gasteiger partial charge in [-0.2, -0.15) is 26.9 Å². The minimum atomic E-state index is -4.49. The molecule has 1 aromatic heterocycles. The van der Waals surface area contributed by atoms with Crippen molar-refractivity contribution in [2.45, 2.75) is 19.0 Å². The van der Waals surface area contributed by atoms with Gasteiger partial charge in [0.1, 0.15) is 23.9 Å². The van der Waals surface area contributed by atoms with E-state index in [-0.39, 0.29) is 17.5 Å². The summed E-state index contributed by atoms with van der Waals surface area (Å²) in [7, 11) is 1.52. The van der Waals surface area contributed by atoms with E-state index in [0.29, 0.717) is 28.1 Å². The number of anilines is 3. The van der Waals surface area contributed by atoms with E-state index >= 15 is 0 Å². The molecule has 0 aliphatic carbocycles. The molecule has 1 aliphatic rings. The zero-order chi connectivity index (χ0) is 25.2. The molecule has 0 amide bonds. The van der Waals surface area contributed by atoms with Gasteiger partial charge in [-0.05, 0) is 48.0 Å². The summed E-state index contributed by atoms with van der Waals surface area (Å²) >= 11 is 0. The van der Waals surface area contributed by atoms with Gasteiger partial charge in [-0.25, -0.2) is 4.98 Å². The molecule has 0 spiro atoms.